The van der Waals surface area contributed by atoms with Crippen LogP contribution in [0.4, 0.5) is 5.69 Å². The molecule has 0 saturated heterocycles. The predicted molar refractivity (Wildman–Crippen MR) is 130 cm³/mol. The summed E-state index contributed by atoms with van der Waals surface area (Å²) in [5.74, 6) is 0.278. The summed E-state index contributed by atoms with van der Waals surface area (Å²) < 4.78 is 1.02. The summed E-state index contributed by atoms with van der Waals surface area (Å²) in [5, 5.41) is 4.22. The summed E-state index contributed by atoms with van der Waals surface area (Å²) in [6.07, 6.45) is 2.87. The highest BCUT2D eigenvalue weighted by atomic mass is 127. The highest BCUT2D eigenvalue weighted by molar-refractivity contribution is 14.1. The average molecular weight is 503 g/mol. The summed E-state index contributed by atoms with van der Waals surface area (Å²) in [6, 6.07) is 12.4. The Balaban J connectivity index is 1.86. The van der Waals surface area contributed by atoms with E-state index in [1.54, 1.807) is 12.3 Å². The molecule has 1 amide bonds. The predicted octanol–water partition coefficient (Wildman–Crippen LogP) is 5.86. The molecule has 4 nitrogen and oxygen atoms in total. The highest BCUT2D eigenvalue weighted by Gasteiger charge is 2.37. The molecule has 5 heteroatoms. The number of aryl methyl sites for hydroxylation is 1. The third kappa shape index (κ3) is 4.65. The van der Waals surface area contributed by atoms with Gasteiger partial charge < -0.3 is 4.90 Å². The zero-order valence-corrected chi connectivity index (χ0v) is 20.2. The van der Waals surface area contributed by atoms with E-state index in [1.165, 1.54) is 11.3 Å². The zero-order valence-electron chi connectivity index (χ0n) is 18.1. The van der Waals surface area contributed by atoms with Crippen molar-refractivity contribution in [3.05, 3.63) is 62.2 Å². The topological polar surface area (TPSA) is 44.7 Å². The molecule has 1 heterocycles. The molecule has 1 N–H and O–H groups in total. The minimum Gasteiger partial charge on any atom is -0.364 e. The molecule has 2 aromatic rings. The molecule has 1 aliphatic rings. The van der Waals surface area contributed by atoms with Gasteiger partial charge in [-0.25, -0.2) is 5.43 Å². The number of carbonyl (C=O) groups excluding carboxylic acids is 1. The molecule has 1 atom stereocenters. The van der Waals surface area contributed by atoms with Crippen LogP contribution in [0.5, 0.6) is 0 Å². The first kappa shape index (κ1) is 21.8. The maximum Gasteiger partial charge on any atom is 0.271 e. The molecule has 0 saturated carbocycles. The van der Waals surface area contributed by atoms with Gasteiger partial charge in [0.2, 0.25) is 0 Å². The molecule has 2 aromatic carbocycles. The molecular weight excluding hydrogens is 473 g/mol. The molecule has 0 bridgehead atoms. The average Bonchev–Trinajstić information content (AvgIpc) is 2.61. The van der Waals surface area contributed by atoms with Crippen LogP contribution >= 0.6 is 22.6 Å². The summed E-state index contributed by atoms with van der Waals surface area (Å²) >= 11 is 2.20. The van der Waals surface area contributed by atoms with Gasteiger partial charge in [0.1, 0.15) is 0 Å². The van der Waals surface area contributed by atoms with Crippen molar-refractivity contribution >= 4 is 40.4 Å². The third-order valence-corrected chi connectivity index (χ3v) is 6.31. The lowest BCUT2D eigenvalue weighted by Crippen LogP contribution is -2.51. The van der Waals surface area contributed by atoms with Crippen molar-refractivity contribution < 1.29 is 4.79 Å². The van der Waals surface area contributed by atoms with E-state index in [2.05, 4.69) is 91.7 Å². The number of rotatable bonds is 4. The van der Waals surface area contributed by atoms with E-state index in [0.717, 1.165) is 21.1 Å². The van der Waals surface area contributed by atoms with Crippen molar-refractivity contribution in [2.24, 2.45) is 5.10 Å². The fourth-order valence-corrected chi connectivity index (χ4v) is 5.13. The van der Waals surface area contributed by atoms with Crippen molar-refractivity contribution in [2.75, 3.05) is 4.90 Å². The van der Waals surface area contributed by atoms with Gasteiger partial charge in [0, 0.05) is 26.4 Å². The van der Waals surface area contributed by atoms with Gasteiger partial charge in [0.25, 0.3) is 5.91 Å². The number of nitrogens with one attached hydrogen (secondary N) is 1. The Labute approximate surface area is 187 Å². The number of anilines is 1. The first-order valence-corrected chi connectivity index (χ1v) is 11.2. The largest absolute Gasteiger partial charge is 0.364 e. The first-order valence-electron chi connectivity index (χ1n) is 10.1. The molecule has 29 heavy (non-hydrogen) atoms. The van der Waals surface area contributed by atoms with Crippen molar-refractivity contribution in [1.82, 2.24) is 5.43 Å². The molecule has 0 spiro atoms. The van der Waals surface area contributed by atoms with Crippen LogP contribution in [0.15, 0.2) is 41.5 Å². The van der Waals surface area contributed by atoms with Crippen LogP contribution in [0.1, 0.15) is 74.0 Å². The van der Waals surface area contributed by atoms with E-state index in [1.807, 2.05) is 18.2 Å². The minimum atomic E-state index is -0.198. The monoisotopic (exact) mass is 503 g/mol. The lowest BCUT2D eigenvalue weighted by atomic mass is 9.78. The Morgan fingerprint density at radius 1 is 1.31 bits per heavy atom. The smallest absolute Gasteiger partial charge is 0.271 e. The Bertz CT molecular complexity index is 949. The highest BCUT2D eigenvalue weighted by Crippen LogP contribution is 2.45. The number of amides is 1. The molecule has 0 aromatic heterocycles. The van der Waals surface area contributed by atoms with Crippen LogP contribution in [0.2, 0.25) is 0 Å². The van der Waals surface area contributed by atoms with Gasteiger partial charge in [0.05, 0.1) is 6.21 Å². The number of hydrogen-bond donors (Lipinski definition) is 1. The third-order valence-electron chi connectivity index (χ3n) is 5.64. The standard InChI is InChI=1S/C24H30IN3O/c1-15(2)28-22-10-16(3)19(12-21(22)17(4)13-24(28,5)6)14-26-27-23(29)18-8-7-9-20(25)11-18/h7-12,14-15,17H,13H2,1-6H3,(H,27,29)/b26-14+. The number of hydrogen-bond acceptors (Lipinski definition) is 3. The van der Waals surface area contributed by atoms with Crippen molar-refractivity contribution in [3.8, 4) is 0 Å². The molecule has 0 radical (unpaired) electrons. The molecule has 3 rings (SSSR count). The van der Waals surface area contributed by atoms with E-state index < -0.39 is 0 Å². The summed E-state index contributed by atoms with van der Waals surface area (Å²) in [5.41, 5.74) is 8.27. The van der Waals surface area contributed by atoms with Crippen LogP contribution in [-0.4, -0.2) is 23.7 Å². The van der Waals surface area contributed by atoms with E-state index in [9.17, 15) is 4.79 Å². The summed E-state index contributed by atoms with van der Waals surface area (Å²) in [6.45, 7) is 13.6. The van der Waals surface area contributed by atoms with Gasteiger partial charge in [-0.1, -0.05) is 13.0 Å². The summed E-state index contributed by atoms with van der Waals surface area (Å²) in [4.78, 5) is 14.8. The Morgan fingerprint density at radius 2 is 2.03 bits per heavy atom. The van der Waals surface area contributed by atoms with E-state index in [4.69, 9.17) is 0 Å². The van der Waals surface area contributed by atoms with Gasteiger partial charge >= 0.3 is 0 Å². The Hall–Kier alpha value is -1.89. The van der Waals surface area contributed by atoms with E-state index in [-0.39, 0.29) is 11.4 Å². The quantitative estimate of drug-likeness (QED) is 0.323. The first-order chi connectivity index (χ1) is 13.6. The number of nitrogens with zero attached hydrogens (tertiary/aromatic N) is 2. The number of fused-ring (bicyclic) bond motifs is 1. The fourth-order valence-electron chi connectivity index (χ4n) is 4.59. The minimum absolute atomic E-state index is 0.129. The fraction of sp³-hybridized carbons (Fsp3) is 0.417. The second-order valence-corrected chi connectivity index (χ2v) is 10.1. The lowest BCUT2D eigenvalue weighted by molar-refractivity contribution is 0.0955. The molecular formula is C24H30IN3O. The van der Waals surface area contributed by atoms with Gasteiger partial charge in [-0.15, -0.1) is 0 Å². The van der Waals surface area contributed by atoms with Gasteiger partial charge in [-0.05, 0) is 117 Å². The number of hydrazone groups is 1. The van der Waals surface area contributed by atoms with E-state index in [0.29, 0.717) is 17.5 Å². The van der Waals surface area contributed by atoms with Crippen LogP contribution in [0.25, 0.3) is 0 Å². The molecule has 0 fully saturated rings. The molecule has 1 aliphatic heterocycles. The van der Waals surface area contributed by atoms with Gasteiger partial charge in [-0.2, -0.15) is 5.10 Å². The lowest BCUT2D eigenvalue weighted by Gasteiger charge is -2.50. The molecule has 0 aliphatic carbocycles. The maximum absolute atomic E-state index is 12.3. The SMILES string of the molecule is Cc1cc2c(cc1/C=N/NC(=O)c1cccc(I)c1)C(C)CC(C)(C)N2C(C)C. The Morgan fingerprint density at radius 3 is 2.69 bits per heavy atom. The van der Waals surface area contributed by atoms with Crippen molar-refractivity contribution in [3.63, 3.8) is 0 Å². The van der Waals surface area contributed by atoms with Gasteiger partial charge in [-0.3, -0.25) is 4.79 Å². The molecule has 1 unspecified atom stereocenters. The Kier molecular flexibility index (Phi) is 6.36. The van der Waals surface area contributed by atoms with Crippen LogP contribution in [-0.2, 0) is 0 Å². The van der Waals surface area contributed by atoms with Crippen LogP contribution in [0.3, 0.4) is 0 Å². The van der Waals surface area contributed by atoms with Crippen LogP contribution < -0.4 is 10.3 Å². The van der Waals surface area contributed by atoms with Crippen molar-refractivity contribution in [2.45, 2.75) is 65.5 Å². The second kappa shape index (κ2) is 8.46. The molecule has 154 valence electrons. The second-order valence-electron chi connectivity index (χ2n) is 8.86. The van der Waals surface area contributed by atoms with Crippen molar-refractivity contribution in [1.29, 1.82) is 0 Å². The number of carbonyl (C=O) groups is 1. The normalized spacial score (nSPS) is 18.2. The number of benzene rings is 2. The number of halogens is 1. The maximum atomic E-state index is 12.3. The summed E-state index contributed by atoms with van der Waals surface area (Å²) in [7, 11) is 0. The van der Waals surface area contributed by atoms with E-state index >= 15 is 0 Å². The zero-order chi connectivity index (χ0) is 21.3. The van der Waals surface area contributed by atoms with Gasteiger partial charge in [0.15, 0.2) is 0 Å². The van der Waals surface area contributed by atoms with Crippen LogP contribution in [0, 0.1) is 10.5 Å².